The van der Waals surface area contributed by atoms with E-state index in [4.69, 9.17) is 0 Å². The largest absolute Gasteiger partial charge is 0.872 e. The van der Waals surface area contributed by atoms with Gasteiger partial charge in [-0.25, -0.2) is 4.79 Å². The summed E-state index contributed by atoms with van der Waals surface area (Å²) in [6.45, 7) is 0. The van der Waals surface area contributed by atoms with Crippen LogP contribution in [0, 0.1) is 0 Å². The first-order valence-electron chi connectivity index (χ1n) is 7.31. The highest BCUT2D eigenvalue weighted by atomic mass is 16.4. The normalized spacial score (nSPS) is 10.3. The van der Waals surface area contributed by atoms with Gasteiger partial charge in [0, 0.05) is 11.1 Å². The van der Waals surface area contributed by atoms with Crippen molar-refractivity contribution in [3.63, 3.8) is 0 Å². The number of rotatable bonds is 4. The molecule has 4 heteroatoms. The zero-order chi connectivity index (χ0) is 17.1. The molecule has 0 saturated heterocycles. The fourth-order valence-corrected chi connectivity index (χ4v) is 2.53. The molecule has 3 rings (SSSR count). The van der Waals surface area contributed by atoms with Gasteiger partial charge in [-0.15, -0.1) is 5.75 Å². The van der Waals surface area contributed by atoms with Crippen molar-refractivity contribution >= 4 is 11.8 Å². The topological polar surface area (TPSA) is 77.4 Å². The van der Waals surface area contributed by atoms with E-state index in [0.717, 1.165) is 0 Å². The summed E-state index contributed by atoms with van der Waals surface area (Å²) in [6.07, 6.45) is 0. The summed E-state index contributed by atoms with van der Waals surface area (Å²) in [7, 11) is 0. The van der Waals surface area contributed by atoms with Crippen LogP contribution in [0.5, 0.6) is 5.75 Å². The minimum atomic E-state index is -1.14. The zero-order valence-electron chi connectivity index (χ0n) is 12.6. The molecule has 0 amide bonds. The van der Waals surface area contributed by atoms with Gasteiger partial charge in [-0.1, -0.05) is 66.7 Å². The highest BCUT2D eigenvalue weighted by molar-refractivity contribution is 6.14. The molecule has 1 N–H and O–H groups in total. The fraction of sp³-hybridized carbons (Fsp3) is 0. The number of aromatic carboxylic acids is 1. The van der Waals surface area contributed by atoms with Gasteiger partial charge in [0.2, 0.25) is 0 Å². The first kappa shape index (κ1) is 15.5. The Bertz CT molecular complexity index is 911. The summed E-state index contributed by atoms with van der Waals surface area (Å²) in [5, 5.41) is 21.0. The van der Waals surface area contributed by atoms with Crippen molar-refractivity contribution in [2.75, 3.05) is 0 Å². The number of hydrogen-bond donors (Lipinski definition) is 1. The third kappa shape index (κ3) is 2.90. The second-order valence-electron chi connectivity index (χ2n) is 5.25. The van der Waals surface area contributed by atoms with E-state index in [0.29, 0.717) is 16.7 Å². The quantitative estimate of drug-likeness (QED) is 0.749. The lowest BCUT2D eigenvalue weighted by atomic mass is 9.96. The molecule has 0 aliphatic carbocycles. The molecule has 0 radical (unpaired) electrons. The molecule has 118 valence electrons. The molecule has 0 aliphatic rings. The van der Waals surface area contributed by atoms with Gasteiger partial charge in [0.1, 0.15) is 0 Å². The lowest BCUT2D eigenvalue weighted by Crippen LogP contribution is -2.09. The van der Waals surface area contributed by atoms with E-state index in [1.165, 1.54) is 18.2 Å². The van der Waals surface area contributed by atoms with E-state index in [2.05, 4.69) is 0 Å². The first-order chi connectivity index (χ1) is 11.6. The maximum Gasteiger partial charge on any atom is 0.336 e. The van der Waals surface area contributed by atoms with Crippen LogP contribution in [0.25, 0.3) is 11.1 Å². The Balaban J connectivity index is 1.96. The summed E-state index contributed by atoms with van der Waals surface area (Å²) in [4.78, 5) is 23.8. The molecular weight excluding hydrogens is 304 g/mol. The van der Waals surface area contributed by atoms with Gasteiger partial charge >= 0.3 is 5.97 Å². The van der Waals surface area contributed by atoms with Gasteiger partial charge in [-0.05, 0) is 17.2 Å². The minimum Gasteiger partial charge on any atom is -0.872 e. The number of ketones is 1. The average Bonchev–Trinajstić information content (AvgIpc) is 2.62. The summed E-state index contributed by atoms with van der Waals surface area (Å²) in [5.41, 5.74) is 1.75. The SMILES string of the molecule is O=C(O)c1ccccc1C(=O)c1ccc(-c2ccccc2[O-])cc1. The van der Waals surface area contributed by atoms with Crippen LogP contribution >= 0.6 is 0 Å². The molecule has 0 atom stereocenters. The highest BCUT2D eigenvalue weighted by Crippen LogP contribution is 2.27. The Morgan fingerprint density at radius 3 is 1.96 bits per heavy atom. The van der Waals surface area contributed by atoms with Crippen LogP contribution in [-0.2, 0) is 0 Å². The van der Waals surface area contributed by atoms with E-state index in [1.54, 1.807) is 54.6 Å². The van der Waals surface area contributed by atoms with Crippen LogP contribution in [0.1, 0.15) is 26.3 Å². The van der Waals surface area contributed by atoms with Crippen molar-refractivity contribution < 1.29 is 19.8 Å². The Labute approximate surface area is 138 Å². The van der Waals surface area contributed by atoms with Crippen molar-refractivity contribution in [2.45, 2.75) is 0 Å². The van der Waals surface area contributed by atoms with Crippen LogP contribution in [0.2, 0.25) is 0 Å². The lowest BCUT2D eigenvalue weighted by molar-refractivity contribution is -0.267. The molecule has 0 spiro atoms. The van der Waals surface area contributed by atoms with Crippen molar-refractivity contribution in [1.29, 1.82) is 0 Å². The smallest absolute Gasteiger partial charge is 0.336 e. The number of carboxylic acid groups (broad SMARTS) is 1. The molecule has 0 bridgehead atoms. The number of hydrogen-bond acceptors (Lipinski definition) is 3. The molecule has 0 heterocycles. The Morgan fingerprint density at radius 2 is 1.33 bits per heavy atom. The number of carbonyl (C=O) groups is 2. The van der Waals surface area contributed by atoms with Gasteiger partial charge in [0.05, 0.1) is 5.56 Å². The van der Waals surface area contributed by atoms with Crippen molar-refractivity contribution in [3.05, 3.63) is 89.5 Å². The van der Waals surface area contributed by atoms with Crippen LogP contribution in [0.4, 0.5) is 0 Å². The molecule has 3 aromatic carbocycles. The summed E-state index contributed by atoms with van der Waals surface area (Å²) in [6, 6.07) is 19.3. The number of carbonyl (C=O) groups excluding carboxylic acids is 1. The van der Waals surface area contributed by atoms with E-state index in [1.807, 2.05) is 0 Å². The second kappa shape index (κ2) is 6.38. The van der Waals surface area contributed by atoms with Crippen molar-refractivity contribution in [1.82, 2.24) is 0 Å². The number of benzene rings is 3. The van der Waals surface area contributed by atoms with Crippen LogP contribution in [0.3, 0.4) is 0 Å². The zero-order valence-corrected chi connectivity index (χ0v) is 12.6. The molecule has 0 saturated carbocycles. The molecule has 0 aromatic heterocycles. The number of para-hydroxylation sites is 1. The highest BCUT2D eigenvalue weighted by Gasteiger charge is 2.17. The van der Waals surface area contributed by atoms with E-state index in [-0.39, 0.29) is 22.7 Å². The summed E-state index contributed by atoms with van der Waals surface area (Å²) >= 11 is 0. The first-order valence-corrected chi connectivity index (χ1v) is 7.31. The summed E-state index contributed by atoms with van der Waals surface area (Å²) < 4.78 is 0. The lowest BCUT2D eigenvalue weighted by Gasteiger charge is -2.13. The van der Waals surface area contributed by atoms with Crippen LogP contribution in [0.15, 0.2) is 72.8 Å². The Kier molecular flexibility index (Phi) is 4.12. The molecule has 24 heavy (non-hydrogen) atoms. The Morgan fingerprint density at radius 1 is 0.750 bits per heavy atom. The predicted molar refractivity (Wildman–Crippen MR) is 88.2 cm³/mol. The molecule has 4 nitrogen and oxygen atoms in total. The van der Waals surface area contributed by atoms with E-state index >= 15 is 0 Å². The molecular formula is C20H13O4-. The van der Waals surface area contributed by atoms with Crippen LogP contribution in [-0.4, -0.2) is 16.9 Å². The van der Waals surface area contributed by atoms with Gasteiger partial charge in [-0.3, -0.25) is 4.79 Å². The standard InChI is InChI=1S/C20H14O4/c21-18-8-4-3-5-15(18)13-9-11-14(12-10-13)19(22)16-6-1-2-7-17(16)20(23)24/h1-12,21H,(H,23,24)/p-1. The van der Waals surface area contributed by atoms with Crippen molar-refractivity contribution in [2.24, 2.45) is 0 Å². The Hall–Kier alpha value is -3.40. The minimum absolute atomic E-state index is 0.0310. The maximum atomic E-state index is 12.6. The van der Waals surface area contributed by atoms with Gasteiger partial charge in [0.15, 0.2) is 5.78 Å². The summed E-state index contributed by atoms with van der Waals surface area (Å²) in [5.74, 6) is -1.60. The van der Waals surface area contributed by atoms with E-state index in [9.17, 15) is 19.8 Å². The van der Waals surface area contributed by atoms with Gasteiger partial charge in [0.25, 0.3) is 0 Å². The van der Waals surface area contributed by atoms with Crippen LogP contribution < -0.4 is 5.11 Å². The van der Waals surface area contributed by atoms with Crippen molar-refractivity contribution in [3.8, 4) is 16.9 Å². The molecule has 3 aromatic rings. The monoisotopic (exact) mass is 317 g/mol. The predicted octanol–water partition coefficient (Wildman–Crippen LogP) is 3.36. The second-order valence-corrected chi connectivity index (χ2v) is 5.25. The average molecular weight is 317 g/mol. The third-order valence-electron chi connectivity index (χ3n) is 3.75. The molecule has 0 unspecified atom stereocenters. The maximum absolute atomic E-state index is 12.6. The molecule has 0 fully saturated rings. The number of carboxylic acids is 1. The van der Waals surface area contributed by atoms with Gasteiger partial charge < -0.3 is 10.2 Å². The third-order valence-corrected chi connectivity index (χ3v) is 3.75. The molecule has 0 aliphatic heterocycles. The fourth-order valence-electron chi connectivity index (χ4n) is 2.53. The van der Waals surface area contributed by atoms with Gasteiger partial charge in [-0.2, -0.15) is 0 Å². The van der Waals surface area contributed by atoms with E-state index < -0.39 is 5.97 Å².